The fourth-order valence-electron chi connectivity index (χ4n) is 3.59. The van der Waals surface area contributed by atoms with Gasteiger partial charge in [-0.3, -0.25) is 4.79 Å². The summed E-state index contributed by atoms with van der Waals surface area (Å²) in [6.07, 6.45) is 3.24. The Morgan fingerprint density at radius 3 is 2.64 bits per heavy atom. The molecule has 0 spiro atoms. The number of benzene rings is 2. The molecule has 2 aromatic carbocycles. The van der Waals surface area contributed by atoms with Gasteiger partial charge in [-0.25, -0.2) is 4.98 Å². The van der Waals surface area contributed by atoms with Gasteiger partial charge in [0.05, 0.1) is 19.4 Å². The number of nitrogens with one attached hydrogen (secondary N) is 1. The number of para-hydroxylation sites is 1. The molecule has 0 aliphatic rings. The third-order valence-corrected chi connectivity index (χ3v) is 5.13. The van der Waals surface area contributed by atoms with Gasteiger partial charge in [0.2, 0.25) is 5.91 Å². The first-order valence-corrected chi connectivity index (χ1v) is 10.7. The van der Waals surface area contributed by atoms with E-state index in [1.54, 1.807) is 17.9 Å². The summed E-state index contributed by atoms with van der Waals surface area (Å²) in [7, 11) is 1.62. The van der Waals surface area contributed by atoms with Crippen molar-refractivity contribution >= 4 is 28.7 Å². The lowest BCUT2D eigenvalue weighted by Gasteiger charge is -2.11. The van der Waals surface area contributed by atoms with Crippen molar-refractivity contribution in [2.45, 2.75) is 20.8 Å². The summed E-state index contributed by atoms with van der Waals surface area (Å²) in [5.74, 6) is 2.36. The Bertz CT molecular complexity index is 1320. The van der Waals surface area contributed by atoms with Gasteiger partial charge in [0.25, 0.3) is 0 Å². The van der Waals surface area contributed by atoms with E-state index < -0.39 is 0 Å². The van der Waals surface area contributed by atoms with Crippen molar-refractivity contribution in [3.63, 3.8) is 0 Å². The second-order valence-corrected chi connectivity index (χ2v) is 7.56. The number of methoxy groups -OCH3 is 1. The number of hydrogen-bond acceptors (Lipinski definition) is 5. The molecule has 0 aliphatic carbocycles. The molecular formula is C26H26N4O3. The monoisotopic (exact) mass is 442 g/mol. The molecule has 0 bridgehead atoms. The third kappa shape index (κ3) is 4.87. The number of rotatable bonds is 7. The molecule has 0 saturated heterocycles. The van der Waals surface area contributed by atoms with Crippen molar-refractivity contribution in [1.82, 2.24) is 14.8 Å². The number of hydrogen-bond donors (Lipinski definition) is 1. The van der Waals surface area contributed by atoms with Gasteiger partial charge in [0, 0.05) is 17.5 Å². The van der Waals surface area contributed by atoms with E-state index in [0.29, 0.717) is 24.0 Å². The van der Waals surface area contributed by atoms with Crippen LogP contribution in [0.15, 0.2) is 60.7 Å². The first kappa shape index (κ1) is 22.1. The average molecular weight is 443 g/mol. The predicted octanol–water partition coefficient (Wildman–Crippen LogP) is 5.10. The minimum atomic E-state index is -0.264. The zero-order valence-electron chi connectivity index (χ0n) is 19.1. The highest BCUT2D eigenvalue weighted by Gasteiger charge is 2.14. The van der Waals surface area contributed by atoms with E-state index in [9.17, 15) is 4.79 Å². The number of ether oxygens (including phenoxy) is 2. The molecule has 168 valence electrons. The molecule has 0 saturated carbocycles. The van der Waals surface area contributed by atoms with E-state index in [2.05, 4.69) is 10.4 Å². The van der Waals surface area contributed by atoms with Crippen molar-refractivity contribution in [2.24, 2.45) is 0 Å². The minimum absolute atomic E-state index is 0.264. The smallest absolute Gasteiger partial charge is 0.249 e. The number of anilines is 1. The summed E-state index contributed by atoms with van der Waals surface area (Å²) in [6, 6.07) is 17.1. The zero-order chi connectivity index (χ0) is 23.4. The van der Waals surface area contributed by atoms with E-state index in [1.807, 2.05) is 75.4 Å². The molecule has 2 aromatic heterocycles. The lowest BCUT2D eigenvalue weighted by atomic mass is 10.1. The number of carbonyl (C=O) groups is 1. The van der Waals surface area contributed by atoms with E-state index in [0.717, 1.165) is 33.5 Å². The molecule has 1 amide bonds. The van der Waals surface area contributed by atoms with Crippen LogP contribution >= 0.6 is 0 Å². The highest BCUT2D eigenvalue weighted by atomic mass is 16.5. The van der Waals surface area contributed by atoms with Crippen molar-refractivity contribution < 1.29 is 14.3 Å². The summed E-state index contributed by atoms with van der Waals surface area (Å²) in [5.41, 5.74) is 3.45. The van der Waals surface area contributed by atoms with Crippen molar-refractivity contribution in [2.75, 3.05) is 19.0 Å². The van der Waals surface area contributed by atoms with Crippen LogP contribution in [-0.2, 0) is 4.79 Å². The first-order chi connectivity index (χ1) is 16.0. The lowest BCUT2D eigenvalue weighted by molar-refractivity contribution is -0.111. The number of fused-ring (bicyclic) bond motifs is 1. The van der Waals surface area contributed by atoms with Crippen LogP contribution in [0.25, 0.3) is 22.8 Å². The minimum Gasteiger partial charge on any atom is -0.494 e. The van der Waals surface area contributed by atoms with Crippen LogP contribution in [-0.4, -0.2) is 34.4 Å². The van der Waals surface area contributed by atoms with Gasteiger partial charge >= 0.3 is 0 Å². The highest BCUT2D eigenvalue weighted by molar-refractivity contribution is 6.01. The van der Waals surface area contributed by atoms with Crippen LogP contribution in [0.2, 0.25) is 0 Å². The molecule has 4 rings (SSSR count). The molecule has 33 heavy (non-hydrogen) atoms. The van der Waals surface area contributed by atoms with E-state index in [-0.39, 0.29) is 5.91 Å². The summed E-state index contributed by atoms with van der Waals surface area (Å²) in [6.45, 7) is 6.44. The van der Waals surface area contributed by atoms with E-state index >= 15 is 0 Å². The Hall–Kier alpha value is -4.13. The Balaban J connectivity index is 1.59. The molecule has 0 aliphatic heterocycles. The number of nitrogens with zero attached hydrogens (tertiary/aromatic N) is 3. The Kier molecular flexibility index (Phi) is 6.40. The number of amides is 1. The molecule has 0 fully saturated rings. The fraction of sp³-hybridized carbons (Fsp3) is 0.192. The van der Waals surface area contributed by atoms with E-state index in [1.165, 1.54) is 6.08 Å². The number of pyridine rings is 1. The van der Waals surface area contributed by atoms with Gasteiger partial charge in [-0.05, 0) is 62.2 Å². The Morgan fingerprint density at radius 1 is 1.12 bits per heavy atom. The van der Waals surface area contributed by atoms with Crippen molar-refractivity contribution in [1.29, 1.82) is 0 Å². The number of aryl methyl sites for hydroxylation is 2. The molecule has 7 heteroatoms. The second kappa shape index (κ2) is 9.56. The van der Waals surface area contributed by atoms with Gasteiger partial charge in [-0.15, -0.1) is 0 Å². The molecular weight excluding hydrogens is 416 g/mol. The summed E-state index contributed by atoms with van der Waals surface area (Å²) in [4.78, 5) is 17.4. The van der Waals surface area contributed by atoms with Crippen LogP contribution in [0.5, 0.6) is 11.5 Å². The SMILES string of the molecule is CCOc1ccc(/C=C/C(=O)Nc2cc(C)nn2-c2cc(C)c3cccc(OC)c3n2)cc1. The maximum Gasteiger partial charge on any atom is 0.249 e. The van der Waals surface area contributed by atoms with Crippen LogP contribution in [0.4, 0.5) is 5.82 Å². The summed E-state index contributed by atoms with van der Waals surface area (Å²) >= 11 is 0. The molecule has 4 aromatic rings. The quantitative estimate of drug-likeness (QED) is 0.403. The van der Waals surface area contributed by atoms with Crippen LogP contribution in [0.3, 0.4) is 0 Å². The Morgan fingerprint density at radius 2 is 1.91 bits per heavy atom. The van der Waals surface area contributed by atoms with Crippen LogP contribution in [0.1, 0.15) is 23.7 Å². The van der Waals surface area contributed by atoms with Gasteiger partial charge < -0.3 is 14.8 Å². The molecule has 0 radical (unpaired) electrons. The van der Waals surface area contributed by atoms with Crippen molar-refractivity contribution in [3.05, 3.63) is 77.5 Å². The fourth-order valence-corrected chi connectivity index (χ4v) is 3.59. The standard InChI is InChI=1S/C26H26N4O3/c1-5-33-20-12-9-19(10-13-20)11-14-25(31)27-24-16-18(3)29-30(24)23-15-17(2)21-7-6-8-22(32-4)26(21)28-23/h6-16H,5H2,1-4H3,(H,27,31)/b14-11+. The predicted molar refractivity (Wildman–Crippen MR) is 130 cm³/mol. The summed E-state index contributed by atoms with van der Waals surface area (Å²) < 4.78 is 12.6. The molecule has 2 heterocycles. The molecule has 7 nitrogen and oxygen atoms in total. The van der Waals surface area contributed by atoms with Crippen molar-refractivity contribution in [3.8, 4) is 17.3 Å². The van der Waals surface area contributed by atoms with Crippen LogP contribution in [0, 0.1) is 13.8 Å². The number of aromatic nitrogens is 3. The number of carbonyl (C=O) groups excluding carboxylic acids is 1. The topological polar surface area (TPSA) is 78.3 Å². The Labute approximate surface area is 192 Å². The maximum absolute atomic E-state index is 12.6. The van der Waals surface area contributed by atoms with Gasteiger partial charge in [-0.2, -0.15) is 9.78 Å². The van der Waals surface area contributed by atoms with Gasteiger partial charge in [-0.1, -0.05) is 24.3 Å². The third-order valence-electron chi connectivity index (χ3n) is 5.13. The highest BCUT2D eigenvalue weighted by Crippen LogP contribution is 2.28. The largest absolute Gasteiger partial charge is 0.494 e. The normalized spacial score (nSPS) is 11.2. The molecule has 1 N–H and O–H groups in total. The maximum atomic E-state index is 12.6. The summed E-state index contributed by atoms with van der Waals surface area (Å²) in [5, 5.41) is 8.46. The lowest BCUT2D eigenvalue weighted by Crippen LogP contribution is -2.13. The zero-order valence-corrected chi connectivity index (χ0v) is 19.1. The van der Waals surface area contributed by atoms with Crippen LogP contribution < -0.4 is 14.8 Å². The molecule has 0 unspecified atom stereocenters. The molecule has 0 atom stereocenters. The second-order valence-electron chi connectivity index (χ2n) is 7.56. The first-order valence-electron chi connectivity index (χ1n) is 10.7. The van der Waals surface area contributed by atoms with E-state index in [4.69, 9.17) is 14.5 Å². The van der Waals surface area contributed by atoms with Gasteiger partial charge in [0.15, 0.2) is 5.82 Å². The van der Waals surface area contributed by atoms with Gasteiger partial charge in [0.1, 0.15) is 22.8 Å². The average Bonchev–Trinajstić information content (AvgIpc) is 3.18.